The van der Waals surface area contributed by atoms with Gasteiger partial charge >= 0.3 is 0 Å². The van der Waals surface area contributed by atoms with E-state index in [0.29, 0.717) is 0 Å². The van der Waals surface area contributed by atoms with Crippen molar-refractivity contribution in [1.29, 1.82) is 0 Å². The topological polar surface area (TPSA) is 102 Å². The third kappa shape index (κ3) is 3.98. The van der Waals surface area contributed by atoms with Crippen LogP contribution in [0.15, 0.2) is 46.1 Å². The number of aromatic nitrogens is 4. The molecule has 0 saturated heterocycles. The molecule has 156 valence electrons. The number of amides is 1. The molecule has 1 aliphatic rings. The molecule has 0 unspecified atom stereocenters. The van der Waals surface area contributed by atoms with Crippen molar-refractivity contribution in [3.63, 3.8) is 0 Å². The minimum atomic E-state index is -0.370. The summed E-state index contributed by atoms with van der Waals surface area (Å²) in [4.78, 5) is 35.6. The van der Waals surface area contributed by atoms with E-state index in [1.807, 2.05) is 10.9 Å². The van der Waals surface area contributed by atoms with Crippen LogP contribution in [-0.4, -0.2) is 25.5 Å². The van der Waals surface area contributed by atoms with Gasteiger partial charge in [0.2, 0.25) is 5.91 Å². The molecule has 1 amide bonds. The van der Waals surface area contributed by atoms with Crippen molar-refractivity contribution in [3.8, 4) is 5.69 Å². The molecule has 8 heteroatoms. The van der Waals surface area contributed by atoms with E-state index in [1.54, 1.807) is 0 Å². The lowest BCUT2D eigenvalue weighted by Crippen LogP contribution is -2.34. The highest BCUT2D eigenvalue weighted by Crippen LogP contribution is 2.31. The zero-order valence-electron chi connectivity index (χ0n) is 17.1. The van der Waals surface area contributed by atoms with Gasteiger partial charge in [0.15, 0.2) is 0 Å². The Balaban J connectivity index is 1.48. The Morgan fingerprint density at radius 1 is 1.20 bits per heavy atom. The van der Waals surface area contributed by atoms with Gasteiger partial charge in [-0.3, -0.25) is 19.5 Å². The number of aromatic amines is 1. The Hall–Kier alpha value is -3.42. The highest BCUT2D eigenvalue weighted by Gasteiger charge is 2.26. The monoisotopic (exact) mass is 407 g/mol. The highest BCUT2D eigenvalue weighted by molar-refractivity contribution is 5.76. The van der Waals surface area contributed by atoms with Crippen molar-refractivity contribution in [2.75, 3.05) is 0 Å². The minimum absolute atomic E-state index is 0.104. The molecule has 2 N–H and O–H groups in total. The summed E-state index contributed by atoms with van der Waals surface area (Å²) < 4.78 is 3.13. The summed E-state index contributed by atoms with van der Waals surface area (Å²) in [5, 5.41) is 10.1. The van der Waals surface area contributed by atoms with Crippen LogP contribution < -0.4 is 16.4 Å². The second-order valence-electron chi connectivity index (χ2n) is 7.79. The molecule has 30 heavy (non-hydrogen) atoms. The first-order valence-electron chi connectivity index (χ1n) is 10.2. The molecule has 0 bridgehead atoms. The molecule has 0 aliphatic heterocycles. The summed E-state index contributed by atoms with van der Waals surface area (Å²) in [6.45, 7) is 4.30. The van der Waals surface area contributed by atoms with Crippen molar-refractivity contribution in [3.05, 3.63) is 79.6 Å². The van der Waals surface area contributed by atoms with Gasteiger partial charge in [0.1, 0.15) is 0 Å². The van der Waals surface area contributed by atoms with E-state index >= 15 is 0 Å². The van der Waals surface area contributed by atoms with Crippen LogP contribution in [0.25, 0.3) is 5.69 Å². The number of H-pyrrole nitrogens is 1. The van der Waals surface area contributed by atoms with Gasteiger partial charge in [-0.05, 0) is 56.4 Å². The maximum atomic E-state index is 12.5. The van der Waals surface area contributed by atoms with Gasteiger partial charge in [0.25, 0.3) is 11.1 Å². The zero-order valence-corrected chi connectivity index (χ0v) is 17.1. The number of hydrogen-bond donors (Lipinski definition) is 2. The van der Waals surface area contributed by atoms with Gasteiger partial charge < -0.3 is 5.32 Å². The molecule has 0 fully saturated rings. The fourth-order valence-electron chi connectivity index (χ4n) is 3.89. The number of carbonyl (C=O) groups excluding carboxylic acids is 1. The van der Waals surface area contributed by atoms with E-state index in [1.165, 1.54) is 23.3 Å². The maximum Gasteiger partial charge on any atom is 0.265 e. The van der Waals surface area contributed by atoms with Gasteiger partial charge in [-0.15, -0.1) is 0 Å². The van der Waals surface area contributed by atoms with Crippen LogP contribution in [0.3, 0.4) is 0 Å². The zero-order chi connectivity index (χ0) is 21.3. The molecule has 2 heterocycles. The molecule has 0 radical (unpaired) electrons. The fourth-order valence-corrected chi connectivity index (χ4v) is 3.89. The van der Waals surface area contributed by atoms with Crippen LogP contribution in [-0.2, 0) is 17.8 Å². The number of fused-ring (bicyclic) bond motifs is 1. The predicted octanol–water partition coefficient (Wildman–Crippen LogP) is 1.92. The average Bonchev–Trinajstić information content (AvgIpc) is 3.16. The van der Waals surface area contributed by atoms with Crippen LogP contribution in [0.5, 0.6) is 0 Å². The summed E-state index contributed by atoms with van der Waals surface area (Å²) >= 11 is 0. The van der Waals surface area contributed by atoms with E-state index in [9.17, 15) is 14.4 Å². The Kier molecular flexibility index (Phi) is 5.39. The highest BCUT2D eigenvalue weighted by atomic mass is 16.2. The quantitative estimate of drug-likeness (QED) is 0.675. The van der Waals surface area contributed by atoms with Gasteiger partial charge in [-0.2, -0.15) is 5.10 Å². The number of nitrogens with one attached hydrogen (secondary N) is 2. The largest absolute Gasteiger partial charge is 0.349 e. The molecule has 1 atom stereocenters. The number of aryl methyl sites for hydroxylation is 3. The van der Waals surface area contributed by atoms with E-state index in [-0.39, 0.29) is 36.0 Å². The Morgan fingerprint density at radius 2 is 2.03 bits per heavy atom. The third-order valence-corrected chi connectivity index (χ3v) is 5.70. The van der Waals surface area contributed by atoms with Crippen molar-refractivity contribution in [1.82, 2.24) is 24.9 Å². The van der Waals surface area contributed by atoms with Crippen LogP contribution in [0.4, 0.5) is 0 Å². The van der Waals surface area contributed by atoms with E-state index in [0.717, 1.165) is 40.9 Å². The van der Waals surface area contributed by atoms with E-state index in [4.69, 9.17) is 0 Å². The van der Waals surface area contributed by atoms with Crippen LogP contribution in [0.1, 0.15) is 47.7 Å². The van der Waals surface area contributed by atoms with Crippen LogP contribution in [0, 0.1) is 13.8 Å². The first-order chi connectivity index (χ1) is 14.4. The van der Waals surface area contributed by atoms with E-state index < -0.39 is 0 Å². The fraction of sp³-hybridized carbons (Fsp3) is 0.364. The second kappa shape index (κ2) is 8.14. The predicted molar refractivity (Wildman–Crippen MR) is 113 cm³/mol. The smallest absolute Gasteiger partial charge is 0.265 e. The van der Waals surface area contributed by atoms with Crippen LogP contribution in [0.2, 0.25) is 0 Å². The number of nitrogens with zero attached hydrogens (tertiary/aromatic N) is 3. The van der Waals surface area contributed by atoms with Gasteiger partial charge in [0, 0.05) is 29.8 Å². The molecule has 1 aromatic carbocycles. The average molecular weight is 407 g/mol. The van der Waals surface area contributed by atoms with Gasteiger partial charge in [-0.1, -0.05) is 6.07 Å². The lowest BCUT2D eigenvalue weighted by Gasteiger charge is -2.24. The molecular weight excluding hydrogens is 382 g/mol. The Labute approximate surface area is 173 Å². The summed E-state index contributed by atoms with van der Waals surface area (Å²) in [6, 6.07) is 8.56. The normalized spacial score (nSPS) is 15.6. The number of carbonyl (C=O) groups is 1. The number of hydrogen-bond acceptors (Lipinski definition) is 4. The van der Waals surface area contributed by atoms with Crippen molar-refractivity contribution in [2.45, 2.75) is 52.1 Å². The number of rotatable bonds is 5. The minimum Gasteiger partial charge on any atom is -0.349 e. The molecule has 3 aromatic rings. The van der Waals surface area contributed by atoms with Crippen molar-refractivity contribution in [2.24, 2.45) is 0 Å². The summed E-state index contributed by atoms with van der Waals surface area (Å²) in [6.07, 6.45) is 4.67. The molecule has 4 rings (SSSR count). The third-order valence-electron chi connectivity index (χ3n) is 5.70. The van der Waals surface area contributed by atoms with Crippen molar-refractivity contribution >= 4 is 5.91 Å². The van der Waals surface area contributed by atoms with Gasteiger partial charge in [0.05, 0.1) is 24.5 Å². The molecule has 0 saturated carbocycles. The van der Waals surface area contributed by atoms with Gasteiger partial charge in [-0.25, -0.2) is 9.36 Å². The Morgan fingerprint density at radius 3 is 2.83 bits per heavy atom. The second-order valence-corrected chi connectivity index (χ2v) is 7.79. The van der Waals surface area contributed by atoms with Crippen molar-refractivity contribution < 1.29 is 4.79 Å². The summed E-state index contributed by atoms with van der Waals surface area (Å²) in [5.74, 6) is -0.164. The molecule has 0 spiro atoms. The standard InChI is InChI=1S/C22H25N5O3/c1-14-6-7-16(12-15(14)2)27-19-5-3-4-18(17(19)13-23-27)24-20(28)10-11-26-22(30)9-8-21(29)25-26/h6-9,12-13,18H,3-5,10-11H2,1-2H3,(H,24,28)(H,25,29)/t18-/m1/s1. The molecule has 1 aliphatic carbocycles. The number of benzene rings is 1. The first-order valence-corrected chi connectivity index (χ1v) is 10.2. The molecule has 2 aromatic heterocycles. The van der Waals surface area contributed by atoms with Crippen LogP contribution >= 0.6 is 0 Å². The lowest BCUT2D eigenvalue weighted by atomic mass is 9.92. The van der Waals surface area contributed by atoms with E-state index in [2.05, 4.69) is 47.6 Å². The Bertz CT molecular complexity index is 1200. The summed E-state index contributed by atoms with van der Waals surface area (Å²) in [7, 11) is 0. The lowest BCUT2D eigenvalue weighted by molar-refractivity contribution is -0.122. The molecule has 8 nitrogen and oxygen atoms in total. The maximum absolute atomic E-state index is 12.5. The molecular formula is C22H25N5O3. The summed E-state index contributed by atoms with van der Waals surface area (Å²) in [5.41, 5.74) is 4.94. The SMILES string of the molecule is Cc1ccc(-n2ncc3c2CCC[C@H]3NC(=O)CCn2[nH]c(=O)ccc2=O)cc1C. The first kappa shape index (κ1) is 19.9.